The van der Waals surface area contributed by atoms with Crippen LogP contribution in [0.2, 0.25) is 0 Å². The van der Waals surface area contributed by atoms with Gasteiger partial charge in [0.1, 0.15) is 0 Å². The molecule has 0 aliphatic carbocycles. The highest BCUT2D eigenvalue weighted by Gasteiger charge is 2.20. The lowest BCUT2D eigenvalue weighted by Gasteiger charge is -2.11. The Morgan fingerprint density at radius 3 is 2.44 bits per heavy atom. The molecule has 1 aromatic carbocycles. The molecule has 140 valence electrons. The number of aromatic carboxylic acids is 1. The van der Waals surface area contributed by atoms with Gasteiger partial charge in [-0.05, 0) is 43.2 Å². The van der Waals surface area contributed by atoms with E-state index >= 15 is 0 Å². The number of fused-ring (bicyclic) bond motifs is 1. The van der Waals surface area contributed by atoms with Gasteiger partial charge in [0.2, 0.25) is 0 Å². The number of aromatic nitrogens is 3. The first-order valence-electron chi connectivity index (χ1n) is 8.82. The minimum atomic E-state index is -1.05. The van der Waals surface area contributed by atoms with E-state index in [0.29, 0.717) is 23.2 Å². The molecule has 2 aromatic heterocycles. The topological polar surface area (TPSA) is 88.3 Å². The lowest BCUT2D eigenvalue weighted by atomic mass is 10.0. The summed E-state index contributed by atoms with van der Waals surface area (Å²) in [7, 11) is 3.38. The molecule has 3 aromatic rings. The number of carbonyl (C=O) groups excluding carboxylic acids is 1. The Morgan fingerprint density at radius 1 is 1.19 bits per heavy atom. The Morgan fingerprint density at radius 2 is 1.93 bits per heavy atom. The van der Waals surface area contributed by atoms with Gasteiger partial charge >= 0.3 is 5.97 Å². The standard InChI is InChI=1S/C20H22N4O3/c1-5-12-9-14(16-8-7-13(11-21-16)19(25)23(3)4)10-15-17(20(26)27)22-24(6-2)18(12)15/h7-11H,5-6H2,1-4H3,(H,26,27). The number of carboxylic acid groups (broad SMARTS) is 1. The smallest absolute Gasteiger partial charge is 0.357 e. The third kappa shape index (κ3) is 3.28. The minimum Gasteiger partial charge on any atom is -0.476 e. The molecule has 0 atom stereocenters. The maximum atomic E-state index is 12.0. The van der Waals surface area contributed by atoms with Gasteiger partial charge in [0.15, 0.2) is 5.69 Å². The molecule has 2 heterocycles. The molecule has 0 fully saturated rings. The fourth-order valence-corrected chi connectivity index (χ4v) is 3.16. The maximum absolute atomic E-state index is 12.0. The zero-order valence-corrected chi connectivity index (χ0v) is 15.9. The molecule has 7 nitrogen and oxygen atoms in total. The van der Waals surface area contributed by atoms with Crippen LogP contribution in [0.25, 0.3) is 22.2 Å². The molecule has 0 bridgehead atoms. The van der Waals surface area contributed by atoms with E-state index in [0.717, 1.165) is 23.1 Å². The third-order valence-corrected chi connectivity index (χ3v) is 4.52. The van der Waals surface area contributed by atoms with Crippen LogP contribution in [0.5, 0.6) is 0 Å². The van der Waals surface area contributed by atoms with Crippen LogP contribution in [0.15, 0.2) is 30.5 Å². The first-order chi connectivity index (χ1) is 12.9. The van der Waals surface area contributed by atoms with Crippen LogP contribution in [0, 0.1) is 0 Å². The molecule has 3 rings (SSSR count). The number of carbonyl (C=O) groups is 2. The normalized spacial score (nSPS) is 11.0. The maximum Gasteiger partial charge on any atom is 0.357 e. The highest BCUT2D eigenvalue weighted by atomic mass is 16.4. The average molecular weight is 366 g/mol. The quantitative estimate of drug-likeness (QED) is 0.750. The largest absolute Gasteiger partial charge is 0.476 e. The van der Waals surface area contributed by atoms with Crippen LogP contribution in [0.4, 0.5) is 0 Å². The zero-order chi connectivity index (χ0) is 19.7. The first-order valence-corrected chi connectivity index (χ1v) is 8.82. The molecule has 0 saturated heterocycles. The van der Waals surface area contributed by atoms with Crippen molar-refractivity contribution in [2.45, 2.75) is 26.8 Å². The molecule has 27 heavy (non-hydrogen) atoms. The lowest BCUT2D eigenvalue weighted by molar-refractivity contribution is 0.0691. The molecule has 1 N–H and O–H groups in total. The van der Waals surface area contributed by atoms with Crippen molar-refractivity contribution in [1.82, 2.24) is 19.7 Å². The molecule has 0 saturated carbocycles. The van der Waals surface area contributed by atoms with Gasteiger partial charge in [0, 0.05) is 37.8 Å². The van der Waals surface area contributed by atoms with Crippen LogP contribution < -0.4 is 0 Å². The van der Waals surface area contributed by atoms with Gasteiger partial charge in [0.25, 0.3) is 5.91 Å². The summed E-state index contributed by atoms with van der Waals surface area (Å²) < 4.78 is 1.73. The molecule has 1 amide bonds. The highest BCUT2D eigenvalue weighted by molar-refractivity contribution is 6.03. The van der Waals surface area contributed by atoms with E-state index in [1.165, 1.54) is 4.90 Å². The second kappa shape index (κ2) is 7.19. The van der Waals surface area contributed by atoms with Crippen molar-refractivity contribution in [1.29, 1.82) is 0 Å². The fraction of sp³-hybridized carbons (Fsp3) is 0.300. The van der Waals surface area contributed by atoms with E-state index in [2.05, 4.69) is 10.1 Å². The monoisotopic (exact) mass is 366 g/mol. The van der Waals surface area contributed by atoms with Crippen LogP contribution in [-0.4, -0.2) is 50.7 Å². The number of pyridine rings is 1. The van der Waals surface area contributed by atoms with Crippen molar-refractivity contribution in [2.24, 2.45) is 0 Å². The van der Waals surface area contributed by atoms with Crippen molar-refractivity contribution in [3.05, 3.63) is 47.3 Å². The number of hydrogen-bond donors (Lipinski definition) is 1. The second-order valence-electron chi connectivity index (χ2n) is 6.49. The van der Waals surface area contributed by atoms with Gasteiger partial charge in [-0.1, -0.05) is 6.92 Å². The van der Waals surface area contributed by atoms with Crippen LogP contribution in [-0.2, 0) is 13.0 Å². The molecule has 0 aliphatic rings. The predicted octanol–water partition coefficient (Wildman–Crippen LogP) is 3.08. The molecule has 0 unspecified atom stereocenters. The van der Waals surface area contributed by atoms with Crippen molar-refractivity contribution in [3.8, 4) is 11.3 Å². The first kappa shape index (κ1) is 18.6. The van der Waals surface area contributed by atoms with Crippen molar-refractivity contribution < 1.29 is 14.7 Å². The van der Waals surface area contributed by atoms with Crippen LogP contribution in [0.3, 0.4) is 0 Å². The SMILES string of the molecule is CCc1cc(-c2ccc(C(=O)N(C)C)cn2)cc2c(C(=O)O)nn(CC)c12. The van der Waals surface area contributed by atoms with Gasteiger partial charge in [0.05, 0.1) is 16.8 Å². The number of rotatable bonds is 5. The summed E-state index contributed by atoms with van der Waals surface area (Å²) in [6.07, 6.45) is 2.29. The summed E-state index contributed by atoms with van der Waals surface area (Å²) in [5, 5.41) is 14.4. The van der Waals surface area contributed by atoms with E-state index in [1.54, 1.807) is 37.1 Å². The third-order valence-electron chi connectivity index (χ3n) is 4.52. The lowest BCUT2D eigenvalue weighted by Crippen LogP contribution is -2.21. The number of carboxylic acids is 1. The van der Waals surface area contributed by atoms with Crippen molar-refractivity contribution in [3.63, 3.8) is 0 Å². The van der Waals surface area contributed by atoms with Crippen LogP contribution >= 0.6 is 0 Å². The molecule has 0 spiro atoms. The average Bonchev–Trinajstić information content (AvgIpc) is 3.05. The predicted molar refractivity (Wildman–Crippen MR) is 103 cm³/mol. The Bertz CT molecular complexity index is 1020. The number of benzene rings is 1. The minimum absolute atomic E-state index is 0.0443. The molecular weight excluding hydrogens is 344 g/mol. The summed E-state index contributed by atoms with van der Waals surface area (Å²) in [4.78, 5) is 29.6. The van der Waals surface area contributed by atoms with Crippen molar-refractivity contribution in [2.75, 3.05) is 14.1 Å². The van der Waals surface area contributed by atoms with Gasteiger partial charge in [-0.3, -0.25) is 14.5 Å². The van der Waals surface area contributed by atoms with E-state index in [9.17, 15) is 14.7 Å². The van der Waals surface area contributed by atoms with Gasteiger partial charge in [-0.2, -0.15) is 5.10 Å². The summed E-state index contributed by atoms with van der Waals surface area (Å²) in [5.41, 5.74) is 3.90. The number of amides is 1. The summed E-state index contributed by atoms with van der Waals surface area (Å²) in [6.45, 7) is 4.56. The van der Waals surface area contributed by atoms with Gasteiger partial charge in [-0.15, -0.1) is 0 Å². The van der Waals surface area contributed by atoms with Crippen molar-refractivity contribution >= 4 is 22.8 Å². The molecule has 7 heteroatoms. The van der Waals surface area contributed by atoms with E-state index in [-0.39, 0.29) is 11.6 Å². The Hall–Kier alpha value is -3.22. The highest BCUT2D eigenvalue weighted by Crippen LogP contribution is 2.30. The van der Waals surface area contributed by atoms with Gasteiger partial charge in [-0.25, -0.2) is 4.79 Å². The fourth-order valence-electron chi connectivity index (χ4n) is 3.16. The Labute approximate surface area is 157 Å². The Kier molecular flexibility index (Phi) is 4.94. The van der Waals surface area contributed by atoms with Gasteiger partial charge < -0.3 is 10.0 Å². The zero-order valence-electron chi connectivity index (χ0n) is 15.9. The number of hydrogen-bond acceptors (Lipinski definition) is 4. The Balaban J connectivity index is 2.16. The summed E-state index contributed by atoms with van der Waals surface area (Å²) in [6, 6.07) is 7.33. The van der Waals surface area contributed by atoms with E-state index in [4.69, 9.17) is 0 Å². The second-order valence-corrected chi connectivity index (χ2v) is 6.49. The van der Waals surface area contributed by atoms with E-state index < -0.39 is 5.97 Å². The summed E-state index contributed by atoms with van der Waals surface area (Å²) in [5.74, 6) is -1.16. The molecule has 0 radical (unpaired) electrons. The molecular formula is C20H22N4O3. The number of aryl methyl sites for hydroxylation is 2. The number of nitrogens with zero attached hydrogens (tertiary/aromatic N) is 4. The molecule has 0 aliphatic heterocycles. The van der Waals surface area contributed by atoms with Crippen LogP contribution in [0.1, 0.15) is 40.3 Å². The summed E-state index contributed by atoms with van der Waals surface area (Å²) >= 11 is 0. The van der Waals surface area contributed by atoms with E-state index in [1.807, 2.05) is 26.0 Å².